The Bertz CT molecular complexity index is 424. The Balaban J connectivity index is 2.06. The van der Waals surface area contributed by atoms with E-state index in [1.807, 2.05) is 0 Å². The van der Waals surface area contributed by atoms with Crippen molar-refractivity contribution in [3.8, 4) is 0 Å². The van der Waals surface area contributed by atoms with Gasteiger partial charge < -0.3 is 11.1 Å². The van der Waals surface area contributed by atoms with Crippen LogP contribution in [0.1, 0.15) is 16.8 Å². The Labute approximate surface area is 98.3 Å². The Morgan fingerprint density at radius 3 is 2.53 bits per heavy atom. The number of hydroxylamine groups is 2. The molecule has 1 aromatic carbocycles. The van der Waals surface area contributed by atoms with Gasteiger partial charge in [-0.15, -0.1) is 0 Å². The minimum absolute atomic E-state index is 0.173. The molecule has 1 aliphatic rings. The van der Waals surface area contributed by atoms with Gasteiger partial charge in [0.05, 0.1) is 13.2 Å². The van der Waals surface area contributed by atoms with E-state index in [4.69, 9.17) is 10.6 Å². The van der Waals surface area contributed by atoms with Gasteiger partial charge in [-0.25, -0.2) is 9.86 Å². The van der Waals surface area contributed by atoms with Gasteiger partial charge in [0.15, 0.2) is 0 Å². The number of carbonyl (C=O) groups excluding carboxylic acids is 2. The van der Waals surface area contributed by atoms with E-state index in [0.717, 1.165) is 6.42 Å². The van der Waals surface area contributed by atoms with E-state index in [-0.39, 0.29) is 5.91 Å². The van der Waals surface area contributed by atoms with Crippen molar-refractivity contribution in [2.75, 3.05) is 18.5 Å². The summed E-state index contributed by atoms with van der Waals surface area (Å²) in [6.45, 7) is 1.19. The van der Waals surface area contributed by atoms with Crippen LogP contribution in [0.25, 0.3) is 0 Å². The molecule has 0 unspecified atom stereocenters. The van der Waals surface area contributed by atoms with Crippen LogP contribution in [-0.4, -0.2) is 30.2 Å². The molecule has 17 heavy (non-hydrogen) atoms. The maximum atomic E-state index is 11.9. The summed E-state index contributed by atoms with van der Waals surface area (Å²) in [5.41, 5.74) is 6.04. The Morgan fingerprint density at radius 2 is 2.00 bits per heavy atom. The largest absolute Gasteiger partial charge is 0.351 e. The maximum Gasteiger partial charge on any atom is 0.316 e. The lowest BCUT2D eigenvalue weighted by molar-refractivity contribution is -0.0768. The van der Waals surface area contributed by atoms with Crippen LogP contribution in [0.4, 0.5) is 10.5 Å². The van der Waals surface area contributed by atoms with Crippen LogP contribution in [0.2, 0.25) is 0 Å². The maximum absolute atomic E-state index is 11.9. The quantitative estimate of drug-likeness (QED) is 0.800. The van der Waals surface area contributed by atoms with Crippen molar-refractivity contribution in [1.82, 2.24) is 5.06 Å². The topological polar surface area (TPSA) is 84.7 Å². The molecule has 3 N–H and O–H groups in total. The monoisotopic (exact) mass is 235 g/mol. The van der Waals surface area contributed by atoms with Crippen LogP contribution >= 0.6 is 0 Å². The normalized spacial score (nSPS) is 14.7. The summed E-state index contributed by atoms with van der Waals surface area (Å²) < 4.78 is 0. The summed E-state index contributed by atoms with van der Waals surface area (Å²) in [6.07, 6.45) is 0.854. The fourth-order valence-electron chi connectivity index (χ4n) is 1.59. The second-order valence-electron chi connectivity index (χ2n) is 3.66. The number of urea groups is 1. The Kier molecular flexibility index (Phi) is 3.24. The molecule has 1 aromatic rings. The van der Waals surface area contributed by atoms with Crippen molar-refractivity contribution in [1.29, 1.82) is 0 Å². The molecule has 1 saturated heterocycles. The number of nitrogens with two attached hydrogens (primary N) is 1. The zero-order valence-electron chi connectivity index (χ0n) is 9.18. The van der Waals surface area contributed by atoms with Crippen LogP contribution in [0.5, 0.6) is 0 Å². The predicted molar refractivity (Wildman–Crippen MR) is 61.3 cm³/mol. The van der Waals surface area contributed by atoms with Gasteiger partial charge >= 0.3 is 6.03 Å². The minimum atomic E-state index is -0.632. The fourth-order valence-corrected chi connectivity index (χ4v) is 1.59. The van der Waals surface area contributed by atoms with E-state index in [1.165, 1.54) is 5.06 Å². The second-order valence-corrected chi connectivity index (χ2v) is 3.66. The van der Waals surface area contributed by atoms with Crippen molar-refractivity contribution in [2.24, 2.45) is 5.73 Å². The fraction of sp³-hybridized carbons (Fsp3) is 0.273. The van der Waals surface area contributed by atoms with Gasteiger partial charge in [-0.1, -0.05) is 0 Å². The predicted octanol–water partition coefficient (Wildman–Crippen LogP) is 0.955. The first-order valence-electron chi connectivity index (χ1n) is 5.28. The summed E-state index contributed by atoms with van der Waals surface area (Å²) in [4.78, 5) is 27.6. The molecule has 2 rings (SSSR count). The first kappa shape index (κ1) is 11.4. The third kappa shape index (κ3) is 2.73. The lowest BCUT2D eigenvalue weighted by Gasteiger charge is -2.13. The summed E-state index contributed by atoms with van der Waals surface area (Å²) in [6, 6.07) is 5.85. The summed E-state index contributed by atoms with van der Waals surface area (Å²) >= 11 is 0. The van der Waals surface area contributed by atoms with Crippen LogP contribution < -0.4 is 11.1 Å². The molecule has 0 bridgehead atoms. The molecular weight excluding hydrogens is 222 g/mol. The first-order chi connectivity index (χ1) is 8.16. The molecule has 90 valence electrons. The lowest BCUT2D eigenvalue weighted by atomic mass is 10.2. The van der Waals surface area contributed by atoms with E-state index in [9.17, 15) is 9.59 Å². The Hall–Kier alpha value is -2.08. The van der Waals surface area contributed by atoms with E-state index >= 15 is 0 Å². The van der Waals surface area contributed by atoms with Crippen LogP contribution in [-0.2, 0) is 4.84 Å². The van der Waals surface area contributed by atoms with Crippen molar-refractivity contribution in [3.05, 3.63) is 29.8 Å². The van der Waals surface area contributed by atoms with Crippen molar-refractivity contribution in [3.63, 3.8) is 0 Å². The van der Waals surface area contributed by atoms with Crippen molar-refractivity contribution in [2.45, 2.75) is 6.42 Å². The number of hydrogen-bond donors (Lipinski definition) is 2. The first-order valence-corrected chi connectivity index (χ1v) is 5.28. The highest BCUT2D eigenvalue weighted by Gasteiger charge is 2.20. The van der Waals surface area contributed by atoms with E-state index in [2.05, 4.69) is 5.32 Å². The minimum Gasteiger partial charge on any atom is -0.351 e. The molecular formula is C11H13N3O3. The van der Waals surface area contributed by atoms with Crippen molar-refractivity contribution >= 4 is 17.6 Å². The zero-order valence-corrected chi connectivity index (χ0v) is 9.18. The summed E-state index contributed by atoms with van der Waals surface area (Å²) in [7, 11) is 0. The third-order valence-electron chi connectivity index (χ3n) is 2.38. The molecule has 0 spiro atoms. The van der Waals surface area contributed by atoms with Gasteiger partial charge in [0.2, 0.25) is 0 Å². The van der Waals surface area contributed by atoms with Gasteiger partial charge in [0, 0.05) is 11.3 Å². The number of nitrogens with zero attached hydrogens (tertiary/aromatic N) is 1. The third-order valence-corrected chi connectivity index (χ3v) is 2.38. The molecule has 0 saturated carbocycles. The average molecular weight is 235 g/mol. The van der Waals surface area contributed by atoms with Gasteiger partial charge in [-0.3, -0.25) is 9.63 Å². The SMILES string of the molecule is NC(=O)Nc1ccc(C(=O)N2CCCO2)cc1. The number of carbonyl (C=O) groups is 2. The summed E-state index contributed by atoms with van der Waals surface area (Å²) in [5, 5.41) is 3.77. The number of primary amides is 1. The number of anilines is 1. The number of amides is 3. The van der Waals surface area contributed by atoms with Gasteiger partial charge in [0.1, 0.15) is 0 Å². The van der Waals surface area contributed by atoms with E-state index in [0.29, 0.717) is 24.4 Å². The molecule has 3 amide bonds. The number of benzene rings is 1. The molecule has 0 aliphatic carbocycles. The number of hydrogen-bond acceptors (Lipinski definition) is 3. The highest BCUT2D eigenvalue weighted by molar-refractivity contribution is 5.94. The van der Waals surface area contributed by atoms with Crippen LogP contribution in [0.15, 0.2) is 24.3 Å². The second kappa shape index (κ2) is 4.84. The number of rotatable bonds is 2. The molecule has 1 heterocycles. The highest BCUT2D eigenvalue weighted by Crippen LogP contribution is 2.14. The molecule has 0 aromatic heterocycles. The molecule has 0 radical (unpaired) electrons. The molecule has 6 nitrogen and oxygen atoms in total. The highest BCUT2D eigenvalue weighted by atomic mass is 16.7. The Morgan fingerprint density at radius 1 is 1.29 bits per heavy atom. The van der Waals surface area contributed by atoms with E-state index in [1.54, 1.807) is 24.3 Å². The molecule has 0 atom stereocenters. The van der Waals surface area contributed by atoms with Crippen LogP contribution in [0.3, 0.4) is 0 Å². The summed E-state index contributed by atoms with van der Waals surface area (Å²) in [5.74, 6) is -0.173. The lowest BCUT2D eigenvalue weighted by Crippen LogP contribution is -2.26. The van der Waals surface area contributed by atoms with Gasteiger partial charge in [-0.05, 0) is 30.7 Å². The smallest absolute Gasteiger partial charge is 0.316 e. The van der Waals surface area contributed by atoms with Gasteiger partial charge in [-0.2, -0.15) is 0 Å². The molecule has 6 heteroatoms. The molecule has 1 fully saturated rings. The van der Waals surface area contributed by atoms with Gasteiger partial charge in [0.25, 0.3) is 5.91 Å². The zero-order chi connectivity index (χ0) is 12.3. The average Bonchev–Trinajstić information content (AvgIpc) is 2.82. The van der Waals surface area contributed by atoms with E-state index < -0.39 is 6.03 Å². The van der Waals surface area contributed by atoms with Crippen molar-refractivity contribution < 1.29 is 14.4 Å². The standard InChI is InChI=1S/C11H13N3O3/c12-11(16)13-9-4-2-8(3-5-9)10(15)14-6-1-7-17-14/h2-5H,1,6-7H2,(H3,12,13,16). The molecule has 1 aliphatic heterocycles. The van der Waals surface area contributed by atoms with Crippen LogP contribution in [0, 0.1) is 0 Å². The number of nitrogens with one attached hydrogen (secondary N) is 1.